The Kier molecular flexibility index (Phi) is 11.5. The van der Waals surface area contributed by atoms with E-state index in [0.29, 0.717) is 0 Å². The second kappa shape index (κ2) is 13.1. The van der Waals surface area contributed by atoms with Crippen LogP contribution < -0.4 is 5.32 Å². The molecule has 1 saturated heterocycles. The molecule has 1 amide bonds. The summed E-state index contributed by atoms with van der Waals surface area (Å²) in [5.41, 5.74) is 0. The Morgan fingerprint density at radius 3 is 2.38 bits per heavy atom. The number of hydrogen-bond donors (Lipinski definition) is 4. The zero-order valence-corrected chi connectivity index (χ0v) is 16.0. The lowest BCUT2D eigenvalue weighted by atomic mass is 9.97. The second-order valence-corrected chi connectivity index (χ2v) is 6.85. The second-order valence-electron chi connectivity index (χ2n) is 6.85. The number of nitrogens with one attached hydrogen (secondary N) is 1. The van der Waals surface area contributed by atoms with Gasteiger partial charge in [-0.25, -0.2) is 0 Å². The molecule has 0 unspecified atom stereocenters. The molecule has 1 fully saturated rings. The quantitative estimate of drug-likeness (QED) is 0.306. The van der Waals surface area contributed by atoms with Gasteiger partial charge in [0.1, 0.15) is 24.4 Å². The lowest BCUT2D eigenvalue weighted by molar-refractivity contribution is -0.255. The SMILES string of the molecule is CCCCCCCCCC=CO[C@@H]1O[C@H](CO)[C@@H](O)[C@H](O)[C@H]1NC(C)=O. The minimum absolute atomic E-state index is 0.368. The van der Waals surface area contributed by atoms with Gasteiger partial charge in [-0.05, 0) is 18.9 Å². The van der Waals surface area contributed by atoms with Gasteiger partial charge in [0.2, 0.25) is 12.2 Å². The van der Waals surface area contributed by atoms with Crippen molar-refractivity contribution < 1.29 is 29.6 Å². The Morgan fingerprint density at radius 1 is 1.12 bits per heavy atom. The number of carbonyl (C=O) groups is 1. The van der Waals surface area contributed by atoms with E-state index < -0.39 is 37.3 Å². The van der Waals surface area contributed by atoms with Gasteiger partial charge in [0.15, 0.2) is 0 Å². The summed E-state index contributed by atoms with van der Waals surface area (Å²) in [6.07, 6.45) is 8.38. The zero-order valence-electron chi connectivity index (χ0n) is 16.0. The molecule has 0 spiro atoms. The zero-order chi connectivity index (χ0) is 19.4. The number of hydrogen-bond acceptors (Lipinski definition) is 6. The molecule has 0 aromatic heterocycles. The summed E-state index contributed by atoms with van der Waals surface area (Å²) < 4.78 is 11.0. The van der Waals surface area contributed by atoms with Gasteiger partial charge in [-0.3, -0.25) is 4.79 Å². The van der Waals surface area contributed by atoms with E-state index in [1.54, 1.807) is 0 Å². The number of allylic oxidation sites excluding steroid dienone is 1. The van der Waals surface area contributed by atoms with Crippen molar-refractivity contribution in [3.8, 4) is 0 Å². The van der Waals surface area contributed by atoms with Crippen molar-refractivity contribution in [3.05, 3.63) is 12.3 Å². The Hall–Kier alpha value is -1.15. The first-order chi connectivity index (χ1) is 12.5. The van der Waals surface area contributed by atoms with Crippen LogP contribution in [0.2, 0.25) is 0 Å². The molecule has 0 aromatic rings. The number of aliphatic hydroxyl groups excluding tert-OH is 3. The van der Waals surface area contributed by atoms with Gasteiger partial charge in [-0.15, -0.1) is 0 Å². The molecule has 1 rings (SSSR count). The maximum absolute atomic E-state index is 11.3. The Bertz CT molecular complexity index is 417. The third-order valence-corrected chi connectivity index (χ3v) is 4.53. The van der Waals surface area contributed by atoms with E-state index in [0.717, 1.165) is 12.8 Å². The van der Waals surface area contributed by atoms with E-state index >= 15 is 0 Å². The number of unbranched alkanes of at least 4 members (excludes halogenated alkanes) is 7. The van der Waals surface area contributed by atoms with E-state index in [1.165, 1.54) is 51.7 Å². The topological polar surface area (TPSA) is 108 Å². The van der Waals surface area contributed by atoms with Crippen LogP contribution in [0.15, 0.2) is 12.3 Å². The van der Waals surface area contributed by atoms with Crippen LogP contribution >= 0.6 is 0 Å². The highest BCUT2D eigenvalue weighted by atomic mass is 16.7. The average Bonchev–Trinajstić information content (AvgIpc) is 2.62. The van der Waals surface area contributed by atoms with Crippen LogP contribution in [0.4, 0.5) is 0 Å². The molecular formula is C19H35NO6. The van der Waals surface area contributed by atoms with Crippen molar-refractivity contribution in [2.45, 2.75) is 95.9 Å². The van der Waals surface area contributed by atoms with Gasteiger partial charge in [-0.2, -0.15) is 0 Å². The predicted molar refractivity (Wildman–Crippen MR) is 98.2 cm³/mol. The predicted octanol–water partition coefficient (Wildman–Crippen LogP) is 1.60. The fraction of sp³-hybridized carbons (Fsp3) is 0.842. The molecule has 5 atom stereocenters. The largest absolute Gasteiger partial charge is 0.471 e. The van der Waals surface area contributed by atoms with Crippen molar-refractivity contribution >= 4 is 5.91 Å². The monoisotopic (exact) mass is 373 g/mol. The van der Waals surface area contributed by atoms with E-state index in [-0.39, 0.29) is 5.91 Å². The molecule has 0 bridgehead atoms. The third kappa shape index (κ3) is 8.03. The van der Waals surface area contributed by atoms with Crippen LogP contribution in [0, 0.1) is 0 Å². The summed E-state index contributed by atoms with van der Waals surface area (Å²) in [4.78, 5) is 11.3. The minimum atomic E-state index is -1.30. The van der Waals surface area contributed by atoms with Crippen molar-refractivity contribution in [2.24, 2.45) is 0 Å². The molecule has 0 saturated carbocycles. The fourth-order valence-electron chi connectivity index (χ4n) is 3.01. The van der Waals surface area contributed by atoms with E-state index in [1.807, 2.05) is 6.08 Å². The van der Waals surface area contributed by atoms with Gasteiger partial charge in [0.05, 0.1) is 12.9 Å². The van der Waals surface area contributed by atoms with Crippen LogP contribution in [-0.2, 0) is 14.3 Å². The molecule has 7 heteroatoms. The smallest absolute Gasteiger partial charge is 0.222 e. The normalized spacial score (nSPS) is 29.0. The van der Waals surface area contributed by atoms with Crippen molar-refractivity contribution in [1.82, 2.24) is 5.32 Å². The molecular weight excluding hydrogens is 338 g/mol. The number of amides is 1. The molecule has 0 radical (unpaired) electrons. The van der Waals surface area contributed by atoms with Crippen LogP contribution in [0.25, 0.3) is 0 Å². The lowest BCUT2D eigenvalue weighted by Crippen LogP contribution is -2.64. The highest BCUT2D eigenvalue weighted by Crippen LogP contribution is 2.22. The summed E-state index contributed by atoms with van der Waals surface area (Å²) in [5, 5.41) is 31.9. The number of aliphatic hydroxyl groups is 3. The minimum Gasteiger partial charge on any atom is -0.471 e. The van der Waals surface area contributed by atoms with Gasteiger partial charge in [0, 0.05) is 6.92 Å². The third-order valence-electron chi connectivity index (χ3n) is 4.53. The standard InChI is InChI=1S/C19H35NO6/c1-3-4-5-6-7-8-9-10-11-12-25-19-16(20-14(2)22)18(24)17(23)15(13-21)26-19/h11-12,15-19,21,23-24H,3-10,13H2,1-2H3,(H,20,22)/t15-,16-,17-,18-,19-/m1/s1. The van der Waals surface area contributed by atoms with Crippen LogP contribution in [0.1, 0.15) is 65.2 Å². The molecule has 1 heterocycles. The van der Waals surface area contributed by atoms with Gasteiger partial charge >= 0.3 is 0 Å². The summed E-state index contributed by atoms with van der Waals surface area (Å²) in [7, 11) is 0. The van der Waals surface area contributed by atoms with Gasteiger partial charge < -0.3 is 30.1 Å². The lowest BCUT2D eigenvalue weighted by Gasteiger charge is -2.41. The molecule has 26 heavy (non-hydrogen) atoms. The maximum atomic E-state index is 11.3. The van der Waals surface area contributed by atoms with E-state index in [2.05, 4.69) is 12.2 Å². The summed E-state index contributed by atoms with van der Waals surface area (Å²) in [6, 6.07) is -0.909. The summed E-state index contributed by atoms with van der Waals surface area (Å²) in [6.45, 7) is 3.07. The summed E-state index contributed by atoms with van der Waals surface area (Å²) >= 11 is 0. The highest BCUT2D eigenvalue weighted by molar-refractivity contribution is 5.73. The fourth-order valence-corrected chi connectivity index (χ4v) is 3.01. The van der Waals surface area contributed by atoms with Gasteiger partial charge in [0.25, 0.3) is 0 Å². The van der Waals surface area contributed by atoms with E-state index in [4.69, 9.17) is 9.47 Å². The number of carbonyl (C=O) groups excluding carboxylic acids is 1. The Balaban J connectivity index is 2.37. The molecule has 0 aliphatic carbocycles. The van der Waals surface area contributed by atoms with Crippen LogP contribution in [-0.4, -0.2) is 58.5 Å². The van der Waals surface area contributed by atoms with Crippen molar-refractivity contribution in [1.29, 1.82) is 0 Å². The first-order valence-electron chi connectivity index (χ1n) is 9.71. The average molecular weight is 373 g/mol. The van der Waals surface area contributed by atoms with E-state index in [9.17, 15) is 20.1 Å². The van der Waals surface area contributed by atoms with Crippen molar-refractivity contribution in [2.75, 3.05) is 6.61 Å². The number of ether oxygens (including phenoxy) is 2. The molecule has 4 N–H and O–H groups in total. The molecule has 1 aliphatic rings. The summed E-state index contributed by atoms with van der Waals surface area (Å²) in [5.74, 6) is -0.368. The van der Waals surface area contributed by atoms with Crippen LogP contribution in [0.3, 0.4) is 0 Å². The van der Waals surface area contributed by atoms with Crippen LogP contribution in [0.5, 0.6) is 0 Å². The van der Waals surface area contributed by atoms with Crippen molar-refractivity contribution in [3.63, 3.8) is 0 Å². The maximum Gasteiger partial charge on any atom is 0.222 e. The highest BCUT2D eigenvalue weighted by Gasteiger charge is 2.45. The molecule has 1 aliphatic heterocycles. The molecule has 152 valence electrons. The molecule has 0 aromatic carbocycles. The molecule has 7 nitrogen and oxygen atoms in total. The number of rotatable bonds is 12. The Morgan fingerprint density at radius 2 is 1.77 bits per heavy atom. The van der Waals surface area contributed by atoms with Gasteiger partial charge in [-0.1, -0.05) is 45.4 Å². The Labute approximate surface area is 156 Å². The first-order valence-corrected chi connectivity index (χ1v) is 9.71. The first kappa shape index (κ1) is 22.9.